The van der Waals surface area contributed by atoms with Crippen molar-refractivity contribution in [3.63, 3.8) is 0 Å². The molecule has 7 aromatic carbocycles. The molecule has 3 heterocycles. The van der Waals surface area contributed by atoms with Gasteiger partial charge in [0.25, 0.3) is 0 Å². The number of nitrogens with zero attached hydrogens (tertiary/aromatic N) is 2. The quantitative estimate of drug-likeness (QED) is 0.171. The third-order valence-electron chi connectivity index (χ3n) is 9.30. The zero-order chi connectivity index (χ0) is 29.5. The molecule has 0 aliphatic carbocycles. The van der Waals surface area contributed by atoms with Crippen LogP contribution in [0.5, 0.6) is 0 Å². The Kier molecular flexibility index (Phi) is 5.33. The van der Waals surface area contributed by atoms with Gasteiger partial charge in [-0.25, -0.2) is 0 Å². The number of rotatable bonds is 3. The van der Waals surface area contributed by atoms with E-state index >= 15 is 0 Å². The molecule has 0 saturated heterocycles. The Hall–Kier alpha value is -5.34. The van der Waals surface area contributed by atoms with Crippen molar-refractivity contribution in [2.75, 3.05) is 0 Å². The molecule has 0 spiro atoms. The fourth-order valence-electron chi connectivity index (χ4n) is 7.37. The number of aromatic nitrogens is 2. The third-order valence-corrected chi connectivity index (χ3v) is 11.6. The van der Waals surface area contributed by atoms with Gasteiger partial charge >= 0.3 is 255 Å². The molecule has 2 nitrogen and oxygen atoms in total. The van der Waals surface area contributed by atoms with Crippen molar-refractivity contribution in [3.05, 3.63) is 158 Å². The van der Waals surface area contributed by atoms with Gasteiger partial charge in [-0.2, -0.15) is 0 Å². The van der Waals surface area contributed by atoms with E-state index in [0.29, 0.717) is 0 Å². The molecular weight excluding hydrogens is 611 g/mol. The summed E-state index contributed by atoms with van der Waals surface area (Å²) < 4.78 is 7.85. The topological polar surface area (TPSA) is 9.86 Å². The normalized spacial score (nSPS) is 12.0. The van der Waals surface area contributed by atoms with Gasteiger partial charge in [-0.05, 0) is 0 Å². The summed E-state index contributed by atoms with van der Waals surface area (Å²) in [6.45, 7) is 0. The van der Waals surface area contributed by atoms with Crippen LogP contribution in [0.3, 0.4) is 0 Å². The number of hydrogen-bond donors (Lipinski definition) is 0. The Morgan fingerprint density at radius 3 is 1.62 bits per heavy atom. The van der Waals surface area contributed by atoms with Gasteiger partial charge in [-0.1, -0.05) is 12.1 Å². The molecule has 10 aromatic rings. The summed E-state index contributed by atoms with van der Waals surface area (Å²) in [6, 6.07) is 58.1. The van der Waals surface area contributed by atoms with Gasteiger partial charge in [-0.15, -0.1) is 0 Å². The summed E-state index contributed by atoms with van der Waals surface area (Å²) in [5.74, 6) is 0. The molecule has 3 aromatic heterocycles. The molecule has 3 heteroatoms. The molecule has 0 N–H and O–H groups in total. The van der Waals surface area contributed by atoms with Gasteiger partial charge in [0.1, 0.15) is 0 Å². The van der Waals surface area contributed by atoms with E-state index in [1.165, 1.54) is 85.4 Å². The van der Waals surface area contributed by atoms with Gasteiger partial charge in [-0.3, -0.25) is 0 Å². The van der Waals surface area contributed by atoms with Crippen molar-refractivity contribution in [1.82, 2.24) is 9.13 Å². The van der Waals surface area contributed by atoms with Crippen molar-refractivity contribution in [1.29, 1.82) is 0 Å². The minimum absolute atomic E-state index is 0.258. The van der Waals surface area contributed by atoms with Crippen LogP contribution in [0.4, 0.5) is 0 Å². The standard InChI is InChI=1S/C42H26N2Se/c1-2-12-27(13-3-1)28-24-39(42-33-17-7-11-21-40(33)45-41(42)25-28)44-37-20-10-6-16-32(37)34-26-29(22-23-38(34)44)43-35-18-8-4-14-30(35)31-15-5-9-19-36(31)43/h1-26H. The Labute approximate surface area is 265 Å². The Morgan fingerprint density at radius 2 is 0.911 bits per heavy atom. The van der Waals surface area contributed by atoms with Crippen molar-refractivity contribution < 1.29 is 0 Å². The van der Waals surface area contributed by atoms with Crippen molar-refractivity contribution >= 4 is 77.4 Å². The molecule has 0 amide bonds. The molecule has 0 fully saturated rings. The summed E-state index contributed by atoms with van der Waals surface area (Å²) in [5, 5.41) is 7.84. The molecular formula is C42H26N2Se. The first-order valence-electron chi connectivity index (χ1n) is 15.4. The van der Waals surface area contributed by atoms with Crippen LogP contribution in [-0.4, -0.2) is 23.6 Å². The second-order valence-corrected chi connectivity index (χ2v) is 14.0. The number of hydrogen-bond acceptors (Lipinski definition) is 0. The van der Waals surface area contributed by atoms with Gasteiger partial charge in [0.15, 0.2) is 0 Å². The van der Waals surface area contributed by atoms with E-state index in [2.05, 4.69) is 167 Å². The molecule has 0 unspecified atom stereocenters. The van der Waals surface area contributed by atoms with Crippen LogP contribution in [-0.2, 0) is 0 Å². The van der Waals surface area contributed by atoms with E-state index in [1.54, 1.807) is 0 Å². The molecule has 45 heavy (non-hydrogen) atoms. The van der Waals surface area contributed by atoms with Crippen molar-refractivity contribution in [2.24, 2.45) is 0 Å². The van der Waals surface area contributed by atoms with E-state index in [0.717, 1.165) is 0 Å². The van der Waals surface area contributed by atoms with Gasteiger partial charge in [0.05, 0.1) is 0 Å². The molecule has 0 bridgehead atoms. The number of para-hydroxylation sites is 3. The average molecular weight is 638 g/mol. The van der Waals surface area contributed by atoms with E-state index in [4.69, 9.17) is 0 Å². The SMILES string of the molecule is c1ccc(-c2cc(-n3c4ccccc4c4cc(-n5c6ccccc6c6ccccc65)ccc43)c3c(c2)[se]c2ccccc23)cc1. The van der Waals surface area contributed by atoms with Gasteiger partial charge in [0.2, 0.25) is 0 Å². The minimum atomic E-state index is 0.258. The number of fused-ring (bicyclic) bond motifs is 9. The summed E-state index contributed by atoms with van der Waals surface area (Å²) in [7, 11) is 0. The molecule has 0 saturated carbocycles. The summed E-state index contributed by atoms with van der Waals surface area (Å²) in [6.07, 6.45) is 0. The second-order valence-electron chi connectivity index (χ2n) is 11.8. The first-order chi connectivity index (χ1) is 22.3. The molecule has 0 atom stereocenters. The van der Waals surface area contributed by atoms with Crippen LogP contribution in [0.2, 0.25) is 0 Å². The summed E-state index contributed by atoms with van der Waals surface area (Å²) in [5.41, 5.74) is 9.88. The van der Waals surface area contributed by atoms with E-state index in [-0.39, 0.29) is 14.5 Å². The third kappa shape index (κ3) is 3.63. The molecule has 210 valence electrons. The average Bonchev–Trinajstić information content (AvgIpc) is 3.76. The molecule has 0 radical (unpaired) electrons. The van der Waals surface area contributed by atoms with E-state index in [9.17, 15) is 0 Å². The fourth-order valence-corrected chi connectivity index (χ4v) is 9.81. The van der Waals surface area contributed by atoms with Gasteiger partial charge < -0.3 is 0 Å². The maximum atomic E-state index is 2.52. The zero-order valence-corrected chi connectivity index (χ0v) is 26.0. The Bertz CT molecular complexity index is 2710. The first kappa shape index (κ1) is 25.0. The van der Waals surface area contributed by atoms with Gasteiger partial charge in [0, 0.05) is 0 Å². The van der Waals surface area contributed by atoms with Crippen LogP contribution in [0.25, 0.3) is 85.4 Å². The Balaban J connectivity index is 1.32. The zero-order valence-electron chi connectivity index (χ0n) is 24.3. The monoisotopic (exact) mass is 638 g/mol. The fraction of sp³-hybridized carbons (Fsp3) is 0. The second kappa shape index (κ2) is 9.58. The molecule has 0 aliphatic rings. The first-order valence-corrected chi connectivity index (χ1v) is 17.1. The Morgan fingerprint density at radius 1 is 0.356 bits per heavy atom. The van der Waals surface area contributed by atoms with Crippen LogP contribution < -0.4 is 0 Å². The van der Waals surface area contributed by atoms with Crippen LogP contribution >= 0.6 is 0 Å². The summed E-state index contributed by atoms with van der Waals surface area (Å²) >= 11 is 0.258. The van der Waals surface area contributed by atoms with Crippen LogP contribution in [0, 0.1) is 0 Å². The predicted molar refractivity (Wildman–Crippen MR) is 193 cm³/mol. The number of benzene rings is 7. The molecule has 10 rings (SSSR count). The van der Waals surface area contributed by atoms with E-state index < -0.39 is 0 Å². The molecule has 0 aliphatic heterocycles. The van der Waals surface area contributed by atoms with Crippen molar-refractivity contribution in [3.8, 4) is 22.5 Å². The van der Waals surface area contributed by atoms with Crippen molar-refractivity contribution in [2.45, 2.75) is 0 Å². The maximum absolute atomic E-state index is 2.52. The van der Waals surface area contributed by atoms with Crippen LogP contribution in [0.1, 0.15) is 0 Å². The van der Waals surface area contributed by atoms with E-state index in [1.807, 2.05) is 0 Å². The summed E-state index contributed by atoms with van der Waals surface area (Å²) in [4.78, 5) is 0. The predicted octanol–water partition coefficient (Wildman–Crippen LogP) is 10.9. The van der Waals surface area contributed by atoms with Crippen LogP contribution in [0.15, 0.2) is 158 Å².